The van der Waals surface area contributed by atoms with E-state index in [-0.39, 0.29) is 17.7 Å². The minimum atomic E-state index is -0.165. The predicted molar refractivity (Wildman–Crippen MR) is 86.0 cm³/mol. The largest absolute Gasteiger partial charge is 0.506 e. The molecule has 4 nitrogen and oxygen atoms in total. The Morgan fingerprint density at radius 3 is 2.64 bits per heavy atom. The average Bonchev–Trinajstić information content (AvgIpc) is 2.56. The predicted octanol–water partition coefficient (Wildman–Crippen LogP) is 2.37. The molecule has 0 aromatic heterocycles. The van der Waals surface area contributed by atoms with Crippen molar-refractivity contribution in [2.45, 2.75) is 18.9 Å². The Morgan fingerprint density at radius 1 is 1.14 bits per heavy atom. The molecule has 0 saturated carbocycles. The van der Waals surface area contributed by atoms with Gasteiger partial charge in [0.25, 0.3) is 5.91 Å². The molecule has 0 radical (unpaired) electrons. The lowest BCUT2D eigenvalue weighted by molar-refractivity contribution is 0.0619. The van der Waals surface area contributed by atoms with Gasteiger partial charge in [-0.15, -0.1) is 0 Å². The maximum absolute atomic E-state index is 12.6. The normalized spacial score (nSPS) is 27.0. The molecule has 2 aromatic carbocycles. The number of benzene rings is 2. The highest BCUT2D eigenvalue weighted by Gasteiger charge is 2.35. The summed E-state index contributed by atoms with van der Waals surface area (Å²) in [6.45, 7) is 3.24. The molecule has 5 rings (SSSR count). The van der Waals surface area contributed by atoms with E-state index < -0.39 is 0 Å². The molecule has 3 heterocycles. The van der Waals surface area contributed by atoms with E-state index in [1.807, 2.05) is 30.3 Å². The number of hydrogen-bond acceptors (Lipinski definition) is 3. The average molecular weight is 296 g/mol. The van der Waals surface area contributed by atoms with Gasteiger partial charge in [-0.05, 0) is 43.3 Å². The number of phenolic OH excluding ortho intramolecular Hbond substituents is 1. The van der Waals surface area contributed by atoms with E-state index in [9.17, 15) is 9.90 Å². The van der Waals surface area contributed by atoms with Crippen LogP contribution >= 0.6 is 0 Å². The molecule has 114 valence electrons. The van der Waals surface area contributed by atoms with Crippen molar-refractivity contribution in [2.75, 3.05) is 19.6 Å². The molecular formula is C18H20N2O2. The van der Waals surface area contributed by atoms with Crippen LogP contribution in [0.1, 0.15) is 23.2 Å². The standard InChI is InChI=1S/C18H20N2O2/c21-17-14-4-2-1-3-12(14)5-6-15(17)18(22)19-16-11-20-9-7-13(16)8-10-20/h1-6,13,16,21H,7-11H2,(H,19,22). The molecule has 2 N–H and O–H groups in total. The molecule has 2 bridgehead atoms. The molecule has 22 heavy (non-hydrogen) atoms. The molecule has 3 aliphatic rings. The number of carbonyl (C=O) groups is 1. The lowest BCUT2D eigenvalue weighted by Crippen LogP contribution is -2.57. The molecule has 3 fully saturated rings. The second-order valence-corrected chi connectivity index (χ2v) is 6.40. The lowest BCUT2D eigenvalue weighted by Gasteiger charge is -2.44. The van der Waals surface area contributed by atoms with Crippen LogP contribution in [0, 0.1) is 5.92 Å². The van der Waals surface area contributed by atoms with Gasteiger partial charge in [0.05, 0.1) is 5.56 Å². The highest BCUT2D eigenvalue weighted by molar-refractivity contribution is 6.03. The highest BCUT2D eigenvalue weighted by Crippen LogP contribution is 2.30. The first-order valence-corrected chi connectivity index (χ1v) is 7.96. The van der Waals surface area contributed by atoms with Gasteiger partial charge in [-0.1, -0.05) is 30.3 Å². The number of piperidine rings is 3. The van der Waals surface area contributed by atoms with Gasteiger partial charge in [-0.2, -0.15) is 0 Å². The first-order chi connectivity index (χ1) is 10.7. The Kier molecular flexibility index (Phi) is 3.26. The second-order valence-electron chi connectivity index (χ2n) is 6.40. The Morgan fingerprint density at radius 2 is 1.91 bits per heavy atom. The van der Waals surface area contributed by atoms with Gasteiger partial charge >= 0.3 is 0 Å². The second kappa shape index (κ2) is 5.29. The zero-order valence-corrected chi connectivity index (χ0v) is 12.5. The van der Waals surface area contributed by atoms with Crippen molar-refractivity contribution in [2.24, 2.45) is 5.92 Å². The fourth-order valence-electron chi connectivity index (χ4n) is 3.81. The molecule has 1 amide bonds. The fourth-order valence-corrected chi connectivity index (χ4v) is 3.81. The van der Waals surface area contributed by atoms with E-state index in [4.69, 9.17) is 0 Å². The number of amides is 1. The van der Waals surface area contributed by atoms with Gasteiger partial charge in [0.2, 0.25) is 0 Å². The molecule has 2 aromatic rings. The zero-order valence-electron chi connectivity index (χ0n) is 12.5. The summed E-state index contributed by atoms with van der Waals surface area (Å²) in [6.07, 6.45) is 2.32. The molecular weight excluding hydrogens is 276 g/mol. The van der Waals surface area contributed by atoms with Crippen LogP contribution in [-0.4, -0.2) is 41.6 Å². The smallest absolute Gasteiger partial charge is 0.255 e. The van der Waals surface area contributed by atoms with E-state index in [0.717, 1.165) is 43.2 Å². The molecule has 4 heteroatoms. The first-order valence-electron chi connectivity index (χ1n) is 7.96. The number of rotatable bonds is 2. The van der Waals surface area contributed by atoms with Gasteiger partial charge in [0, 0.05) is 18.0 Å². The van der Waals surface area contributed by atoms with Crippen LogP contribution in [0.5, 0.6) is 5.75 Å². The van der Waals surface area contributed by atoms with Crippen molar-refractivity contribution < 1.29 is 9.90 Å². The van der Waals surface area contributed by atoms with Gasteiger partial charge in [-0.25, -0.2) is 0 Å². The molecule has 1 atom stereocenters. The highest BCUT2D eigenvalue weighted by atomic mass is 16.3. The first kappa shape index (κ1) is 13.6. The minimum Gasteiger partial charge on any atom is -0.506 e. The van der Waals surface area contributed by atoms with Gasteiger partial charge in [0.15, 0.2) is 0 Å². The summed E-state index contributed by atoms with van der Waals surface area (Å²) >= 11 is 0. The van der Waals surface area contributed by atoms with Gasteiger partial charge in [0.1, 0.15) is 5.75 Å². The van der Waals surface area contributed by atoms with Crippen LogP contribution < -0.4 is 5.32 Å². The number of phenols is 1. The third-order valence-corrected chi connectivity index (χ3v) is 5.12. The van der Waals surface area contributed by atoms with Crippen LogP contribution in [0.3, 0.4) is 0 Å². The number of nitrogens with one attached hydrogen (secondary N) is 1. The summed E-state index contributed by atoms with van der Waals surface area (Å²) in [5.74, 6) is 0.496. The van der Waals surface area contributed by atoms with Crippen molar-refractivity contribution in [3.05, 3.63) is 42.0 Å². The van der Waals surface area contributed by atoms with Crippen molar-refractivity contribution in [3.8, 4) is 5.75 Å². The topological polar surface area (TPSA) is 52.6 Å². The maximum atomic E-state index is 12.6. The number of hydrogen-bond donors (Lipinski definition) is 2. The monoisotopic (exact) mass is 296 g/mol. The summed E-state index contributed by atoms with van der Waals surface area (Å²) in [5, 5.41) is 15.2. The fraction of sp³-hybridized carbons (Fsp3) is 0.389. The van der Waals surface area contributed by atoms with E-state index in [0.29, 0.717) is 11.5 Å². The van der Waals surface area contributed by atoms with Gasteiger partial charge < -0.3 is 15.3 Å². The third kappa shape index (κ3) is 2.24. The van der Waals surface area contributed by atoms with Crippen molar-refractivity contribution in [1.29, 1.82) is 0 Å². The minimum absolute atomic E-state index is 0.0804. The van der Waals surface area contributed by atoms with Crippen LogP contribution in [0.15, 0.2) is 36.4 Å². The Bertz CT molecular complexity index is 720. The third-order valence-electron chi connectivity index (χ3n) is 5.12. The summed E-state index contributed by atoms with van der Waals surface area (Å²) in [7, 11) is 0. The van der Waals surface area contributed by atoms with E-state index in [2.05, 4.69) is 10.2 Å². The van der Waals surface area contributed by atoms with Crippen LogP contribution in [0.25, 0.3) is 10.8 Å². The van der Waals surface area contributed by atoms with Crippen molar-refractivity contribution in [1.82, 2.24) is 10.2 Å². The van der Waals surface area contributed by atoms with Crippen LogP contribution in [0.2, 0.25) is 0 Å². The quantitative estimate of drug-likeness (QED) is 0.894. The van der Waals surface area contributed by atoms with E-state index in [1.54, 1.807) is 6.07 Å². The number of carbonyl (C=O) groups excluding carboxylic acids is 1. The number of aromatic hydroxyl groups is 1. The van der Waals surface area contributed by atoms with E-state index >= 15 is 0 Å². The zero-order chi connectivity index (χ0) is 15.1. The Hall–Kier alpha value is -2.07. The maximum Gasteiger partial charge on any atom is 0.255 e. The van der Waals surface area contributed by atoms with Crippen molar-refractivity contribution >= 4 is 16.7 Å². The summed E-state index contributed by atoms with van der Waals surface area (Å²) in [4.78, 5) is 15.0. The summed E-state index contributed by atoms with van der Waals surface area (Å²) in [6, 6.07) is 11.4. The summed E-state index contributed by atoms with van der Waals surface area (Å²) in [5.41, 5.74) is 0.371. The van der Waals surface area contributed by atoms with Crippen LogP contribution in [-0.2, 0) is 0 Å². The van der Waals surface area contributed by atoms with Crippen LogP contribution in [0.4, 0.5) is 0 Å². The lowest BCUT2D eigenvalue weighted by atomic mass is 9.84. The molecule has 1 unspecified atom stereocenters. The number of fused-ring (bicyclic) bond motifs is 4. The molecule has 3 saturated heterocycles. The molecule has 0 aliphatic carbocycles. The SMILES string of the molecule is O=C(NC1CN2CCC1CC2)c1ccc2ccccc2c1O. The molecule has 3 aliphatic heterocycles. The number of nitrogens with zero attached hydrogens (tertiary/aromatic N) is 1. The van der Waals surface area contributed by atoms with Crippen molar-refractivity contribution in [3.63, 3.8) is 0 Å². The Balaban J connectivity index is 1.59. The molecule has 0 spiro atoms. The van der Waals surface area contributed by atoms with E-state index in [1.165, 1.54) is 0 Å². The summed E-state index contributed by atoms with van der Waals surface area (Å²) < 4.78 is 0. The Labute approximate surface area is 129 Å². The van der Waals surface area contributed by atoms with Gasteiger partial charge in [-0.3, -0.25) is 4.79 Å².